The first-order valence-corrected chi connectivity index (χ1v) is 44.4. The highest BCUT2D eigenvalue weighted by Crippen LogP contribution is 2.49. The second-order valence-corrected chi connectivity index (χ2v) is 35.8. The summed E-state index contributed by atoms with van der Waals surface area (Å²) in [5.74, 6) is -5.68. The van der Waals surface area contributed by atoms with Crippen LogP contribution in [0.15, 0.2) is 146 Å². The zero-order chi connectivity index (χ0) is 89.3. The molecule has 0 aromatic heterocycles. The minimum Gasteiger partial charge on any atom is -0.469 e. The molecule has 6 aromatic carbocycles. The highest BCUT2D eigenvalue weighted by atomic mass is 19.1. The first kappa shape index (κ1) is 96.4. The highest BCUT2D eigenvalue weighted by Gasteiger charge is 2.45. The summed E-state index contributed by atoms with van der Waals surface area (Å²) >= 11 is 0. The number of benzene rings is 6. The zero-order valence-corrected chi connectivity index (χ0v) is 74.0. The number of rotatable bonds is 34. The van der Waals surface area contributed by atoms with Crippen molar-refractivity contribution in [3.63, 3.8) is 0 Å². The quantitative estimate of drug-likeness (QED) is 0.0268. The second-order valence-electron chi connectivity index (χ2n) is 35.8. The fraction of sp³-hybridized carbons (Fsp3) is 0.525. The average molecular weight is 1720 g/mol. The lowest BCUT2D eigenvalue weighted by atomic mass is 9.90. The van der Waals surface area contributed by atoms with Gasteiger partial charge >= 0.3 is 23.9 Å². The number of hydrogen-bond acceptors (Lipinski definition) is 18. The first-order valence-electron chi connectivity index (χ1n) is 44.4. The molecule has 6 fully saturated rings. The highest BCUT2D eigenvalue weighted by molar-refractivity contribution is 5.96. The number of amides is 4. The third kappa shape index (κ3) is 23.7. The predicted molar refractivity (Wildman–Crippen MR) is 473 cm³/mol. The van der Waals surface area contributed by atoms with Crippen molar-refractivity contribution in [1.82, 2.24) is 19.6 Å². The van der Waals surface area contributed by atoms with Gasteiger partial charge < -0.3 is 48.3 Å². The Balaban J connectivity index is 0.000000259. The molecule has 6 aliphatic heterocycles. The summed E-state index contributed by atoms with van der Waals surface area (Å²) in [5.41, 5.74) is 9.45. The van der Waals surface area contributed by atoms with Crippen molar-refractivity contribution in [3.05, 3.63) is 202 Å². The van der Waals surface area contributed by atoms with Crippen LogP contribution < -0.4 is 9.80 Å². The number of likely N-dealkylation sites (tertiary alicyclic amines) is 4. The van der Waals surface area contributed by atoms with Crippen LogP contribution in [-0.4, -0.2) is 169 Å². The lowest BCUT2D eigenvalue weighted by Gasteiger charge is -2.33. The Kier molecular flexibility index (Phi) is 34.2. The van der Waals surface area contributed by atoms with Crippen molar-refractivity contribution < 1.29 is 85.3 Å². The molecule has 6 saturated heterocycles. The van der Waals surface area contributed by atoms with Gasteiger partial charge in [-0.25, -0.2) is 8.78 Å². The zero-order valence-electron chi connectivity index (χ0n) is 74.0. The van der Waals surface area contributed by atoms with Gasteiger partial charge in [0.2, 0.25) is 23.6 Å². The number of carbonyl (C=O) groups is 12. The number of anilines is 2. The molecule has 24 heteroatoms. The van der Waals surface area contributed by atoms with Gasteiger partial charge in [-0.2, -0.15) is 0 Å². The Hall–Kier alpha value is -10.8. The molecule has 0 radical (unpaired) electrons. The van der Waals surface area contributed by atoms with Crippen LogP contribution in [-0.2, 0) is 102 Å². The van der Waals surface area contributed by atoms with Crippen LogP contribution in [0.4, 0.5) is 20.2 Å². The van der Waals surface area contributed by atoms with Gasteiger partial charge in [-0.05, 0) is 194 Å². The van der Waals surface area contributed by atoms with Gasteiger partial charge in [-0.1, -0.05) is 160 Å². The molecule has 0 aliphatic carbocycles. The molecule has 0 spiro atoms. The molecule has 4 amide bonds. The van der Waals surface area contributed by atoms with Crippen LogP contribution in [0.1, 0.15) is 234 Å². The van der Waals surface area contributed by atoms with Gasteiger partial charge in [0.25, 0.3) is 0 Å². The Bertz CT molecular complexity index is 4180. The van der Waals surface area contributed by atoms with E-state index in [1.165, 1.54) is 52.7 Å². The SMILES string of the molecule is C.COC(=O)C[C@H](C(=O)N1CCC[C@H]1C(=O)Cc1ccc([C@@H]2CC[C@@H](c3ccc(CC(=O)[C@@H]4CCCN4C(=O)[C@@H](CC(=O)OC)C(C)C)cc3)N2c2ccc(F)cc2)cc1)C(C)C.COC(=O)C[C@H](C(=O)N1CCC[C@H]1C(=O)Cc1ccc([C@H]2CC[C@H](c3ccc(CC(=O)[C@@H]4CCCN4C(=O)[C@@H](CC(=O)OC)C(C)C)cc3)N2c2ccc(F)cc2)cc1)C(C)C. The Morgan fingerprint density at radius 2 is 0.488 bits per heavy atom. The standard InChI is InChI=1S/2C50H62FN3O8.CH4/c2*1-31(2)39(29-47(57)61-5)49(59)52-25-7-9-43(52)45(55)27-33-11-15-35(16-12-33)41-23-24-42(54(41)38-21-19-37(51)20-22-38)36-17-13-34(14-18-36)28-46(56)44-10-8-26-53(44)50(60)40(32(3)4)30-48(58)62-6;/h2*11-22,31-32,39-44H,7-10,23-30H2,1-6H3;1H4/t39-,40-,41+,42+,43-,44-;39-,40-,41-,42-,43-,44-;/m00./s1. The maximum atomic E-state index is 14.2. The molecule has 22 nitrogen and oxygen atoms in total. The maximum Gasteiger partial charge on any atom is 0.306 e. The molecule has 6 aromatic rings. The van der Waals surface area contributed by atoms with E-state index in [0.29, 0.717) is 51.9 Å². The fourth-order valence-electron chi connectivity index (χ4n) is 19.4. The summed E-state index contributed by atoms with van der Waals surface area (Å²) < 4.78 is 47.8. The van der Waals surface area contributed by atoms with Crippen molar-refractivity contribution >= 4 is 82.0 Å². The summed E-state index contributed by atoms with van der Waals surface area (Å²) in [5, 5.41) is 0. The van der Waals surface area contributed by atoms with E-state index in [1.54, 1.807) is 43.9 Å². The van der Waals surface area contributed by atoms with E-state index in [9.17, 15) is 66.3 Å². The third-order valence-electron chi connectivity index (χ3n) is 26.6. The van der Waals surface area contributed by atoms with E-state index in [2.05, 4.69) is 58.3 Å². The Morgan fingerprint density at radius 3 is 0.664 bits per heavy atom. The van der Waals surface area contributed by atoms with Crippen molar-refractivity contribution in [2.45, 2.75) is 240 Å². The fourth-order valence-corrected chi connectivity index (χ4v) is 19.4. The van der Waals surface area contributed by atoms with Crippen molar-refractivity contribution in [2.24, 2.45) is 47.3 Å². The smallest absolute Gasteiger partial charge is 0.306 e. The molecule has 6 heterocycles. The van der Waals surface area contributed by atoms with E-state index < -0.39 is 71.7 Å². The summed E-state index contributed by atoms with van der Waals surface area (Å²) in [7, 11) is 5.25. The van der Waals surface area contributed by atoms with Gasteiger partial charge in [0.05, 0.1) is 126 Å². The molecule has 0 bridgehead atoms. The van der Waals surface area contributed by atoms with E-state index in [-0.39, 0.29) is 165 Å². The number of ether oxygens (including phenoxy) is 4. The van der Waals surface area contributed by atoms with Gasteiger partial charge in [-0.3, -0.25) is 57.5 Å². The number of nitrogens with zero attached hydrogens (tertiary/aromatic N) is 6. The maximum absolute atomic E-state index is 14.2. The number of esters is 4. The predicted octanol–water partition coefficient (Wildman–Crippen LogP) is 16.2. The molecule has 125 heavy (non-hydrogen) atoms. The van der Waals surface area contributed by atoms with E-state index in [4.69, 9.17) is 18.9 Å². The number of halogens is 2. The first-order chi connectivity index (χ1) is 59.4. The molecule has 12 atom stereocenters. The summed E-state index contributed by atoms with van der Waals surface area (Å²) in [6.07, 6.45) is 9.33. The third-order valence-corrected chi connectivity index (χ3v) is 26.6. The molecule has 0 N–H and O–H groups in total. The van der Waals surface area contributed by atoms with Crippen LogP contribution in [0.25, 0.3) is 0 Å². The number of hydrogen-bond donors (Lipinski definition) is 0. The van der Waals surface area contributed by atoms with Gasteiger partial charge in [0.15, 0.2) is 23.1 Å². The van der Waals surface area contributed by atoms with Gasteiger partial charge in [-0.15, -0.1) is 0 Å². The van der Waals surface area contributed by atoms with Crippen LogP contribution >= 0.6 is 0 Å². The Morgan fingerprint density at radius 1 is 0.296 bits per heavy atom. The second kappa shape index (κ2) is 44.4. The molecular formula is C101H128F2N6O16. The molecule has 12 rings (SSSR count). The topological polar surface area (TPSA) is 261 Å². The summed E-state index contributed by atoms with van der Waals surface area (Å²) in [6, 6.07) is 43.1. The Labute approximate surface area is 736 Å². The van der Waals surface area contributed by atoms with Crippen molar-refractivity contribution in [2.75, 3.05) is 64.4 Å². The summed E-state index contributed by atoms with van der Waals surface area (Å²) in [4.78, 5) is 169. The largest absolute Gasteiger partial charge is 0.469 e. The minimum atomic E-state index is -0.548. The lowest BCUT2D eigenvalue weighted by Crippen LogP contribution is -2.45. The van der Waals surface area contributed by atoms with Gasteiger partial charge in [0.1, 0.15) is 11.6 Å². The summed E-state index contributed by atoms with van der Waals surface area (Å²) in [6.45, 7) is 17.2. The number of carbonyl (C=O) groups excluding carboxylic acids is 12. The minimum absolute atomic E-state index is 0. The average Bonchev–Trinajstić information content (AvgIpc) is 1.63. The molecular weight excluding hydrogens is 1590 g/mol. The number of Topliss-reactive ketones (excluding diaryl/α,β-unsaturated/α-hetero) is 4. The molecule has 672 valence electrons. The number of ketones is 4. The van der Waals surface area contributed by atoms with Crippen LogP contribution in [0, 0.1) is 59.0 Å². The van der Waals surface area contributed by atoms with Crippen LogP contribution in [0.3, 0.4) is 0 Å². The van der Waals surface area contributed by atoms with E-state index >= 15 is 0 Å². The van der Waals surface area contributed by atoms with E-state index in [0.717, 1.165) is 107 Å². The monoisotopic (exact) mass is 1720 g/mol. The molecule has 0 saturated carbocycles. The van der Waals surface area contributed by atoms with E-state index in [1.807, 2.05) is 104 Å². The van der Waals surface area contributed by atoms with Crippen LogP contribution in [0.2, 0.25) is 0 Å². The lowest BCUT2D eigenvalue weighted by molar-refractivity contribution is -0.149. The number of methoxy groups -OCH3 is 4. The van der Waals surface area contributed by atoms with Crippen molar-refractivity contribution in [3.8, 4) is 0 Å². The van der Waals surface area contributed by atoms with Crippen molar-refractivity contribution in [1.29, 1.82) is 0 Å². The van der Waals surface area contributed by atoms with Crippen LogP contribution in [0.5, 0.6) is 0 Å². The molecule has 0 unspecified atom stereocenters. The van der Waals surface area contributed by atoms with Gasteiger partial charge in [0, 0.05) is 63.2 Å². The normalized spacial score (nSPS) is 20.8. The molecule has 6 aliphatic rings.